The van der Waals surface area contributed by atoms with Crippen molar-refractivity contribution in [2.45, 2.75) is 51.2 Å². The number of pyridine rings is 1. The summed E-state index contributed by atoms with van der Waals surface area (Å²) in [4.78, 5) is 6.97. The maximum atomic E-state index is 9.30. The average Bonchev–Trinajstić information content (AvgIpc) is 3.09. The Bertz CT molecular complexity index is 446. The largest absolute Gasteiger partial charge is 0.390 e. The molecule has 2 fully saturated rings. The molecule has 0 radical (unpaired) electrons. The molecule has 0 bridgehead atoms. The van der Waals surface area contributed by atoms with Gasteiger partial charge in [0.25, 0.3) is 0 Å². The zero-order valence-corrected chi connectivity index (χ0v) is 11.9. The number of aliphatic hydroxyl groups excluding tert-OH is 1. The molecule has 1 saturated carbocycles. The van der Waals surface area contributed by atoms with Gasteiger partial charge in [0.05, 0.1) is 17.3 Å². The molecule has 1 aliphatic heterocycles. The molecule has 1 aromatic heterocycles. The topological polar surface area (TPSA) is 36.4 Å². The Morgan fingerprint density at radius 2 is 2.00 bits per heavy atom. The second-order valence-electron chi connectivity index (χ2n) is 5.70. The van der Waals surface area contributed by atoms with Crippen LogP contribution in [0.3, 0.4) is 0 Å². The number of halogens is 1. The summed E-state index contributed by atoms with van der Waals surface area (Å²) in [6.45, 7) is 0.995. The van der Waals surface area contributed by atoms with Crippen LogP contribution in [0.15, 0.2) is 12.1 Å². The number of aliphatic hydroxyl groups is 1. The Kier molecular flexibility index (Phi) is 3.94. The molecule has 19 heavy (non-hydrogen) atoms. The van der Waals surface area contributed by atoms with Gasteiger partial charge in [-0.05, 0) is 43.7 Å². The maximum Gasteiger partial charge on any atom is 0.129 e. The van der Waals surface area contributed by atoms with Gasteiger partial charge < -0.3 is 10.0 Å². The Labute approximate surface area is 119 Å². The Morgan fingerprint density at radius 3 is 2.74 bits per heavy atom. The highest BCUT2D eigenvalue weighted by atomic mass is 35.5. The van der Waals surface area contributed by atoms with Gasteiger partial charge in [-0.3, -0.25) is 0 Å². The molecule has 2 aliphatic rings. The molecule has 1 unspecified atom stereocenters. The van der Waals surface area contributed by atoms with E-state index in [-0.39, 0.29) is 6.61 Å². The second-order valence-corrected chi connectivity index (χ2v) is 6.11. The number of hydrogen-bond donors (Lipinski definition) is 1. The molecule has 104 valence electrons. The van der Waals surface area contributed by atoms with E-state index < -0.39 is 0 Å². The fourth-order valence-electron chi connectivity index (χ4n) is 3.65. The molecule has 0 aromatic carbocycles. The fraction of sp³-hybridized carbons (Fsp3) is 0.667. The minimum Gasteiger partial charge on any atom is -0.390 e. The van der Waals surface area contributed by atoms with Gasteiger partial charge in [0.15, 0.2) is 0 Å². The monoisotopic (exact) mass is 280 g/mol. The van der Waals surface area contributed by atoms with Crippen molar-refractivity contribution in [2.75, 3.05) is 11.4 Å². The van der Waals surface area contributed by atoms with Crippen molar-refractivity contribution in [3.63, 3.8) is 0 Å². The summed E-state index contributed by atoms with van der Waals surface area (Å²) in [6.07, 6.45) is 8.02. The van der Waals surface area contributed by atoms with Gasteiger partial charge >= 0.3 is 0 Å². The average molecular weight is 281 g/mol. The van der Waals surface area contributed by atoms with E-state index in [1.54, 1.807) is 0 Å². The third-order valence-corrected chi connectivity index (χ3v) is 4.94. The van der Waals surface area contributed by atoms with E-state index in [1.165, 1.54) is 38.5 Å². The van der Waals surface area contributed by atoms with Crippen LogP contribution in [0.2, 0.25) is 5.02 Å². The highest BCUT2D eigenvalue weighted by molar-refractivity contribution is 6.31. The van der Waals surface area contributed by atoms with E-state index in [1.807, 2.05) is 12.1 Å². The number of hydrogen-bond acceptors (Lipinski definition) is 3. The first-order valence-corrected chi connectivity index (χ1v) is 7.70. The number of nitrogens with zero attached hydrogens (tertiary/aromatic N) is 2. The molecular formula is C15H21ClN2O. The van der Waals surface area contributed by atoms with Crippen LogP contribution < -0.4 is 4.90 Å². The van der Waals surface area contributed by atoms with Crippen molar-refractivity contribution in [1.29, 1.82) is 0 Å². The lowest BCUT2D eigenvalue weighted by Crippen LogP contribution is -2.35. The summed E-state index contributed by atoms with van der Waals surface area (Å²) in [5.41, 5.74) is 0.594. The van der Waals surface area contributed by atoms with E-state index in [4.69, 9.17) is 11.6 Å². The smallest absolute Gasteiger partial charge is 0.129 e. The van der Waals surface area contributed by atoms with Crippen molar-refractivity contribution in [3.05, 3.63) is 22.8 Å². The highest BCUT2D eigenvalue weighted by Crippen LogP contribution is 2.37. The third kappa shape index (κ3) is 2.59. The molecule has 1 aromatic rings. The van der Waals surface area contributed by atoms with Crippen molar-refractivity contribution in [2.24, 2.45) is 5.92 Å². The lowest BCUT2D eigenvalue weighted by atomic mass is 9.96. The Hall–Kier alpha value is -0.800. The van der Waals surface area contributed by atoms with Crippen LogP contribution in [0.25, 0.3) is 0 Å². The summed E-state index contributed by atoms with van der Waals surface area (Å²) >= 11 is 6.03. The van der Waals surface area contributed by atoms with Crippen LogP contribution in [0.4, 0.5) is 5.82 Å². The first-order chi connectivity index (χ1) is 9.29. The zero-order valence-electron chi connectivity index (χ0n) is 11.2. The maximum absolute atomic E-state index is 9.30. The summed E-state index contributed by atoms with van der Waals surface area (Å²) in [5, 5.41) is 9.86. The predicted octanol–water partition coefficient (Wildman–Crippen LogP) is 3.39. The van der Waals surface area contributed by atoms with E-state index in [2.05, 4.69) is 9.88 Å². The molecule has 3 nitrogen and oxygen atoms in total. The van der Waals surface area contributed by atoms with Gasteiger partial charge in [-0.1, -0.05) is 24.4 Å². The van der Waals surface area contributed by atoms with Gasteiger partial charge in [0, 0.05) is 12.6 Å². The first kappa shape index (κ1) is 13.2. The van der Waals surface area contributed by atoms with Crippen molar-refractivity contribution >= 4 is 17.4 Å². The molecule has 4 heteroatoms. The lowest BCUT2D eigenvalue weighted by Gasteiger charge is -2.30. The number of rotatable bonds is 3. The standard InChI is InChI=1S/C15H21ClN2O/c16-12-7-8-15(17-13(12)10-19)18-9-3-6-14(18)11-4-1-2-5-11/h7-8,11,14,19H,1-6,9-10H2. The number of anilines is 1. The van der Waals surface area contributed by atoms with Gasteiger partial charge in [0.2, 0.25) is 0 Å². The van der Waals surface area contributed by atoms with Crippen LogP contribution in [0, 0.1) is 5.92 Å². The summed E-state index contributed by atoms with van der Waals surface area (Å²) in [5.74, 6) is 1.82. The van der Waals surface area contributed by atoms with E-state index in [0.717, 1.165) is 18.3 Å². The van der Waals surface area contributed by atoms with Crippen LogP contribution in [0.5, 0.6) is 0 Å². The minimum absolute atomic E-state index is 0.0887. The van der Waals surface area contributed by atoms with E-state index >= 15 is 0 Å². The van der Waals surface area contributed by atoms with Crippen LogP contribution in [-0.2, 0) is 6.61 Å². The molecular weight excluding hydrogens is 260 g/mol. The van der Waals surface area contributed by atoms with Crippen molar-refractivity contribution in [1.82, 2.24) is 4.98 Å². The Balaban J connectivity index is 1.83. The van der Waals surface area contributed by atoms with E-state index in [9.17, 15) is 5.11 Å². The molecule has 1 N–H and O–H groups in total. The summed E-state index contributed by atoms with van der Waals surface area (Å²) in [7, 11) is 0. The summed E-state index contributed by atoms with van der Waals surface area (Å²) in [6, 6.07) is 4.50. The third-order valence-electron chi connectivity index (χ3n) is 4.59. The Morgan fingerprint density at radius 1 is 1.21 bits per heavy atom. The SMILES string of the molecule is OCc1nc(N2CCCC2C2CCCC2)ccc1Cl. The molecule has 2 heterocycles. The quantitative estimate of drug-likeness (QED) is 0.922. The predicted molar refractivity (Wildman–Crippen MR) is 77.5 cm³/mol. The van der Waals surface area contributed by atoms with Crippen LogP contribution >= 0.6 is 11.6 Å². The molecule has 0 spiro atoms. The van der Waals surface area contributed by atoms with Crippen molar-refractivity contribution < 1.29 is 5.11 Å². The molecule has 3 rings (SSSR count). The molecule has 1 aliphatic carbocycles. The van der Waals surface area contributed by atoms with E-state index in [0.29, 0.717) is 16.8 Å². The number of aromatic nitrogens is 1. The highest BCUT2D eigenvalue weighted by Gasteiger charge is 2.34. The van der Waals surface area contributed by atoms with Gasteiger partial charge in [-0.2, -0.15) is 0 Å². The zero-order chi connectivity index (χ0) is 13.2. The molecule has 0 amide bonds. The van der Waals surface area contributed by atoms with Gasteiger partial charge in [-0.25, -0.2) is 4.98 Å². The molecule has 1 atom stereocenters. The fourth-order valence-corrected chi connectivity index (χ4v) is 3.82. The van der Waals surface area contributed by atoms with Crippen LogP contribution in [-0.4, -0.2) is 22.7 Å². The first-order valence-electron chi connectivity index (χ1n) is 7.32. The summed E-state index contributed by atoms with van der Waals surface area (Å²) < 4.78 is 0. The van der Waals surface area contributed by atoms with Gasteiger partial charge in [0.1, 0.15) is 5.82 Å². The lowest BCUT2D eigenvalue weighted by molar-refractivity contribution is 0.277. The normalized spacial score (nSPS) is 24.3. The minimum atomic E-state index is -0.0887. The molecule has 1 saturated heterocycles. The van der Waals surface area contributed by atoms with Gasteiger partial charge in [-0.15, -0.1) is 0 Å². The van der Waals surface area contributed by atoms with Crippen LogP contribution in [0.1, 0.15) is 44.2 Å². The second kappa shape index (κ2) is 5.68. The van der Waals surface area contributed by atoms with Crippen molar-refractivity contribution in [3.8, 4) is 0 Å².